The zero-order chi connectivity index (χ0) is 20.1. The van der Waals surface area contributed by atoms with Crippen molar-refractivity contribution in [1.82, 2.24) is 9.62 Å². The highest BCUT2D eigenvalue weighted by atomic mass is 32.2. The molecule has 6 nitrogen and oxygen atoms in total. The van der Waals surface area contributed by atoms with Gasteiger partial charge in [0.2, 0.25) is 10.0 Å². The highest BCUT2D eigenvalue weighted by Crippen LogP contribution is 2.22. The fraction of sp³-hybridized carbons (Fsp3) is 0.381. The van der Waals surface area contributed by atoms with Gasteiger partial charge in [0.05, 0.1) is 24.2 Å². The van der Waals surface area contributed by atoms with Gasteiger partial charge in [-0.1, -0.05) is 31.2 Å². The fourth-order valence-electron chi connectivity index (χ4n) is 3.33. The van der Waals surface area contributed by atoms with Crippen LogP contribution in [0.4, 0.5) is 0 Å². The number of hydrogen-bond acceptors (Lipinski definition) is 4. The quantitative estimate of drug-likeness (QED) is 0.806. The van der Waals surface area contributed by atoms with E-state index in [0.29, 0.717) is 31.9 Å². The molecule has 1 fully saturated rings. The van der Waals surface area contributed by atoms with Crippen molar-refractivity contribution in [3.05, 3.63) is 65.2 Å². The first-order chi connectivity index (χ1) is 13.4. The van der Waals surface area contributed by atoms with Crippen molar-refractivity contribution in [3.8, 4) is 0 Å². The zero-order valence-corrected chi connectivity index (χ0v) is 17.0. The minimum absolute atomic E-state index is 0.0922. The molecule has 2 aromatic rings. The number of carbonyl (C=O) groups is 1. The van der Waals surface area contributed by atoms with Gasteiger partial charge in [0.15, 0.2) is 0 Å². The molecule has 0 aromatic heterocycles. The molecular weight excluding hydrogens is 376 g/mol. The second kappa shape index (κ2) is 8.86. The van der Waals surface area contributed by atoms with Gasteiger partial charge in [0, 0.05) is 18.7 Å². The summed E-state index contributed by atoms with van der Waals surface area (Å²) in [5.74, 6) is -0.217. The SMILES string of the molecule is CC[C@@H](NC(=O)c1ccc(S(=O)(=O)N2CCOCC2)cc1)c1ccccc1C. The average Bonchev–Trinajstić information content (AvgIpc) is 2.73. The van der Waals surface area contributed by atoms with Crippen molar-refractivity contribution < 1.29 is 17.9 Å². The van der Waals surface area contributed by atoms with E-state index in [2.05, 4.69) is 5.32 Å². The molecule has 3 rings (SSSR count). The maximum atomic E-state index is 12.7. The summed E-state index contributed by atoms with van der Waals surface area (Å²) in [6.07, 6.45) is 0.764. The standard InChI is InChI=1S/C21H26N2O4S/c1-3-20(19-7-5-4-6-16(19)2)22-21(24)17-8-10-18(11-9-17)28(25,26)23-12-14-27-15-13-23/h4-11,20H,3,12-15H2,1-2H3,(H,22,24)/t20-/m1/s1. The molecule has 150 valence electrons. The summed E-state index contributed by atoms with van der Waals surface area (Å²) in [6.45, 7) is 5.54. The molecule has 0 aliphatic carbocycles. The molecule has 0 bridgehead atoms. The van der Waals surface area contributed by atoms with E-state index in [1.54, 1.807) is 12.1 Å². The number of benzene rings is 2. The zero-order valence-electron chi connectivity index (χ0n) is 16.2. The molecule has 7 heteroatoms. The third kappa shape index (κ3) is 4.43. The number of ether oxygens (including phenoxy) is 1. The Bertz CT molecular complexity index is 920. The molecule has 0 radical (unpaired) electrons. The first-order valence-electron chi connectivity index (χ1n) is 9.48. The van der Waals surface area contributed by atoms with Crippen LogP contribution in [0.15, 0.2) is 53.4 Å². The largest absolute Gasteiger partial charge is 0.379 e. The van der Waals surface area contributed by atoms with Crippen LogP contribution in [-0.2, 0) is 14.8 Å². The van der Waals surface area contributed by atoms with E-state index in [1.807, 2.05) is 38.1 Å². The lowest BCUT2D eigenvalue weighted by Gasteiger charge is -2.26. The number of nitrogens with one attached hydrogen (secondary N) is 1. The average molecular weight is 403 g/mol. The van der Waals surface area contributed by atoms with Crippen molar-refractivity contribution in [2.45, 2.75) is 31.2 Å². The third-order valence-electron chi connectivity index (χ3n) is 5.00. The number of hydrogen-bond donors (Lipinski definition) is 1. The summed E-state index contributed by atoms with van der Waals surface area (Å²) in [4.78, 5) is 12.9. The summed E-state index contributed by atoms with van der Waals surface area (Å²) >= 11 is 0. The van der Waals surface area contributed by atoms with Crippen LogP contribution in [0.1, 0.15) is 40.9 Å². The van der Waals surface area contributed by atoms with Crippen LogP contribution in [0.25, 0.3) is 0 Å². The minimum atomic E-state index is -3.56. The monoisotopic (exact) mass is 402 g/mol. The number of aryl methyl sites for hydroxylation is 1. The highest BCUT2D eigenvalue weighted by molar-refractivity contribution is 7.89. The lowest BCUT2D eigenvalue weighted by atomic mass is 9.99. The van der Waals surface area contributed by atoms with Gasteiger partial charge in [0.1, 0.15) is 0 Å². The number of carbonyl (C=O) groups excluding carboxylic acids is 1. The van der Waals surface area contributed by atoms with Crippen LogP contribution < -0.4 is 5.32 Å². The van der Waals surface area contributed by atoms with Crippen molar-refractivity contribution in [3.63, 3.8) is 0 Å². The second-order valence-corrected chi connectivity index (χ2v) is 8.77. The molecule has 1 heterocycles. The Morgan fingerprint density at radius 1 is 1.11 bits per heavy atom. The Balaban J connectivity index is 1.74. The van der Waals surface area contributed by atoms with Crippen molar-refractivity contribution >= 4 is 15.9 Å². The lowest BCUT2D eigenvalue weighted by molar-refractivity contribution is 0.0730. The van der Waals surface area contributed by atoms with Gasteiger partial charge < -0.3 is 10.1 Å². The van der Waals surface area contributed by atoms with Crippen LogP contribution >= 0.6 is 0 Å². The van der Waals surface area contributed by atoms with Gasteiger partial charge in [-0.05, 0) is 48.7 Å². The van der Waals surface area contributed by atoms with E-state index in [4.69, 9.17) is 4.74 Å². The van der Waals surface area contributed by atoms with Crippen LogP contribution in [0.5, 0.6) is 0 Å². The van der Waals surface area contributed by atoms with Gasteiger partial charge in [0.25, 0.3) is 5.91 Å². The normalized spacial score (nSPS) is 16.5. The Morgan fingerprint density at radius 3 is 2.36 bits per heavy atom. The van der Waals surface area contributed by atoms with Gasteiger partial charge in [-0.3, -0.25) is 4.79 Å². The van der Waals surface area contributed by atoms with Crippen molar-refractivity contribution in [2.75, 3.05) is 26.3 Å². The van der Waals surface area contributed by atoms with Crippen LogP contribution in [-0.4, -0.2) is 44.9 Å². The van der Waals surface area contributed by atoms with Crippen LogP contribution in [0.3, 0.4) is 0 Å². The molecule has 2 aromatic carbocycles. The molecule has 1 aliphatic rings. The Kier molecular flexibility index (Phi) is 6.49. The Hall–Kier alpha value is -2.22. The fourth-order valence-corrected chi connectivity index (χ4v) is 4.74. The molecule has 1 N–H and O–H groups in total. The van der Waals surface area contributed by atoms with Crippen LogP contribution in [0, 0.1) is 6.92 Å². The highest BCUT2D eigenvalue weighted by Gasteiger charge is 2.26. The number of sulfonamides is 1. The second-order valence-electron chi connectivity index (χ2n) is 6.83. The van der Waals surface area contributed by atoms with Crippen LogP contribution in [0.2, 0.25) is 0 Å². The number of morpholine rings is 1. The molecule has 1 saturated heterocycles. The first kappa shape index (κ1) is 20.5. The number of amides is 1. The maximum absolute atomic E-state index is 12.7. The molecule has 0 saturated carbocycles. The predicted molar refractivity (Wildman–Crippen MR) is 108 cm³/mol. The topological polar surface area (TPSA) is 75.7 Å². The third-order valence-corrected chi connectivity index (χ3v) is 6.91. The maximum Gasteiger partial charge on any atom is 0.251 e. The Labute approximate surface area is 166 Å². The number of rotatable bonds is 6. The van der Waals surface area contributed by atoms with E-state index in [-0.39, 0.29) is 16.8 Å². The molecule has 0 unspecified atom stereocenters. The van der Waals surface area contributed by atoms with E-state index in [9.17, 15) is 13.2 Å². The predicted octanol–water partition coefficient (Wildman–Crippen LogP) is 2.90. The summed E-state index contributed by atoms with van der Waals surface area (Å²) in [5.41, 5.74) is 2.65. The van der Waals surface area contributed by atoms with E-state index < -0.39 is 10.0 Å². The summed E-state index contributed by atoms with van der Waals surface area (Å²) < 4.78 is 32.0. The number of nitrogens with zero attached hydrogens (tertiary/aromatic N) is 1. The van der Waals surface area contributed by atoms with Crippen molar-refractivity contribution in [1.29, 1.82) is 0 Å². The molecular formula is C21H26N2O4S. The Morgan fingerprint density at radius 2 is 1.75 bits per heavy atom. The van der Waals surface area contributed by atoms with E-state index >= 15 is 0 Å². The molecule has 1 amide bonds. The van der Waals surface area contributed by atoms with Gasteiger partial charge >= 0.3 is 0 Å². The van der Waals surface area contributed by atoms with Gasteiger partial charge in [-0.2, -0.15) is 4.31 Å². The lowest BCUT2D eigenvalue weighted by Crippen LogP contribution is -2.40. The molecule has 1 atom stereocenters. The van der Waals surface area contributed by atoms with E-state index in [1.165, 1.54) is 16.4 Å². The first-order valence-corrected chi connectivity index (χ1v) is 10.9. The molecule has 0 spiro atoms. The van der Waals surface area contributed by atoms with Gasteiger partial charge in [-0.15, -0.1) is 0 Å². The summed E-state index contributed by atoms with van der Waals surface area (Å²) in [6, 6.07) is 14.0. The molecule has 28 heavy (non-hydrogen) atoms. The van der Waals surface area contributed by atoms with E-state index in [0.717, 1.165) is 17.5 Å². The minimum Gasteiger partial charge on any atom is -0.379 e. The molecule has 1 aliphatic heterocycles. The van der Waals surface area contributed by atoms with Crippen molar-refractivity contribution in [2.24, 2.45) is 0 Å². The summed E-state index contributed by atoms with van der Waals surface area (Å²) in [7, 11) is -3.56. The summed E-state index contributed by atoms with van der Waals surface area (Å²) in [5, 5.41) is 3.05. The van der Waals surface area contributed by atoms with Gasteiger partial charge in [-0.25, -0.2) is 8.42 Å². The smallest absolute Gasteiger partial charge is 0.251 e.